The molecule has 44 valence electrons. The van der Waals surface area contributed by atoms with Crippen molar-refractivity contribution in [3.05, 3.63) is 15.1 Å². The molecule has 0 fully saturated rings. The van der Waals surface area contributed by atoms with E-state index in [1.54, 1.807) is 0 Å². The Bertz CT molecular complexity index is 176. The van der Waals surface area contributed by atoms with Crippen molar-refractivity contribution >= 4 is 34.7 Å². The van der Waals surface area contributed by atoms with Gasteiger partial charge in [0.25, 0.3) is 0 Å². The first-order valence-corrected chi connectivity index (χ1v) is 3.52. The van der Waals surface area contributed by atoms with Crippen LogP contribution >= 0.6 is 34.7 Å². The van der Waals surface area contributed by atoms with Crippen molar-refractivity contribution in [2.45, 2.75) is 6.92 Å². The zero-order chi connectivity index (χ0) is 6.15. The van der Waals surface area contributed by atoms with Gasteiger partial charge >= 0.3 is 0 Å². The number of rotatable bonds is 0. The number of aromatic nitrogens is 1. The van der Waals surface area contributed by atoms with Gasteiger partial charge in [-0.3, -0.25) is 0 Å². The zero-order valence-electron chi connectivity index (χ0n) is 4.11. The summed E-state index contributed by atoms with van der Waals surface area (Å²) in [6.07, 6.45) is 0. The molecule has 0 aromatic carbocycles. The molecule has 0 unspecified atom stereocenters. The minimum absolute atomic E-state index is 0.411. The van der Waals surface area contributed by atoms with Crippen LogP contribution in [-0.4, -0.2) is 4.37 Å². The van der Waals surface area contributed by atoms with Crippen molar-refractivity contribution in [3.8, 4) is 0 Å². The SMILES string of the molecule is Cc1snc(Cl)c1Cl. The Kier molecular flexibility index (Phi) is 1.75. The maximum Gasteiger partial charge on any atom is 0.161 e. The lowest BCUT2D eigenvalue weighted by atomic mass is 10.5. The minimum atomic E-state index is 0.411. The highest BCUT2D eigenvalue weighted by Crippen LogP contribution is 2.26. The molecule has 0 saturated carbocycles. The van der Waals surface area contributed by atoms with Gasteiger partial charge in [-0.1, -0.05) is 23.2 Å². The number of aryl methyl sites for hydroxylation is 1. The average molecular weight is 168 g/mol. The zero-order valence-corrected chi connectivity index (χ0v) is 6.44. The third-order valence-electron chi connectivity index (χ3n) is 0.753. The molecule has 1 nitrogen and oxygen atoms in total. The minimum Gasteiger partial charge on any atom is -0.179 e. The predicted molar refractivity (Wildman–Crippen MR) is 36.9 cm³/mol. The first kappa shape index (κ1) is 6.33. The lowest BCUT2D eigenvalue weighted by molar-refractivity contribution is 1.56. The van der Waals surface area contributed by atoms with Gasteiger partial charge in [-0.15, -0.1) is 0 Å². The van der Waals surface area contributed by atoms with Crippen LogP contribution in [0.4, 0.5) is 0 Å². The molecule has 4 heteroatoms. The third-order valence-corrected chi connectivity index (χ3v) is 2.55. The summed E-state index contributed by atoms with van der Waals surface area (Å²) in [5.41, 5.74) is 0. The van der Waals surface area contributed by atoms with Gasteiger partial charge in [-0.05, 0) is 18.5 Å². The van der Waals surface area contributed by atoms with E-state index in [1.165, 1.54) is 11.5 Å². The summed E-state index contributed by atoms with van der Waals surface area (Å²) in [5.74, 6) is 0. The topological polar surface area (TPSA) is 12.9 Å². The molecule has 1 aromatic heterocycles. The lowest BCUT2D eigenvalue weighted by Crippen LogP contribution is -1.58. The van der Waals surface area contributed by atoms with E-state index < -0.39 is 0 Å². The van der Waals surface area contributed by atoms with Gasteiger partial charge in [-0.2, -0.15) is 4.37 Å². The van der Waals surface area contributed by atoms with Crippen LogP contribution in [0, 0.1) is 6.92 Å². The molecule has 0 aliphatic carbocycles. The van der Waals surface area contributed by atoms with E-state index in [-0.39, 0.29) is 0 Å². The summed E-state index contributed by atoms with van der Waals surface area (Å²) in [7, 11) is 0. The standard InChI is InChI=1S/C4H3Cl2NS/c1-2-3(5)4(6)7-8-2/h1H3. The van der Waals surface area contributed by atoms with Crippen molar-refractivity contribution in [3.63, 3.8) is 0 Å². The second-order valence-corrected chi connectivity index (χ2v) is 3.06. The summed E-state index contributed by atoms with van der Waals surface area (Å²) in [5, 5.41) is 0.992. The molecule has 0 radical (unpaired) electrons. The molecular weight excluding hydrogens is 165 g/mol. The lowest BCUT2D eigenvalue weighted by Gasteiger charge is -1.78. The second-order valence-electron chi connectivity index (χ2n) is 1.34. The van der Waals surface area contributed by atoms with Crippen molar-refractivity contribution in [2.75, 3.05) is 0 Å². The van der Waals surface area contributed by atoms with E-state index >= 15 is 0 Å². The van der Waals surface area contributed by atoms with Crippen LogP contribution in [-0.2, 0) is 0 Å². The largest absolute Gasteiger partial charge is 0.179 e. The highest BCUT2D eigenvalue weighted by molar-refractivity contribution is 7.06. The predicted octanol–water partition coefficient (Wildman–Crippen LogP) is 2.76. The van der Waals surface area contributed by atoms with Gasteiger partial charge in [0.15, 0.2) is 5.15 Å². The number of hydrogen-bond donors (Lipinski definition) is 0. The molecule has 0 saturated heterocycles. The Labute approximate surface area is 61.4 Å². The Morgan fingerprint density at radius 2 is 2.12 bits per heavy atom. The van der Waals surface area contributed by atoms with Crippen molar-refractivity contribution in [1.29, 1.82) is 0 Å². The Hall–Kier alpha value is 0.210. The Morgan fingerprint density at radius 1 is 1.50 bits per heavy atom. The maximum atomic E-state index is 5.61. The summed E-state index contributed by atoms with van der Waals surface area (Å²) in [4.78, 5) is 0.969. The Balaban J connectivity index is 3.19. The maximum absolute atomic E-state index is 5.61. The molecule has 0 N–H and O–H groups in total. The van der Waals surface area contributed by atoms with Gasteiger partial charge in [0.05, 0.1) is 5.02 Å². The second kappa shape index (κ2) is 2.21. The number of hydrogen-bond acceptors (Lipinski definition) is 2. The first-order chi connectivity index (χ1) is 3.72. The van der Waals surface area contributed by atoms with Crippen LogP contribution in [0.25, 0.3) is 0 Å². The molecule has 1 heterocycles. The monoisotopic (exact) mass is 167 g/mol. The van der Waals surface area contributed by atoms with Gasteiger partial charge in [0.1, 0.15) is 0 Å². The normalized spacial score (nSPS) is 9.88. The highest BCUT2D eigenvalue weighted by atomic mass is 35.5. The highest BCUT2D eigenvalue weighted by Gasteiger charge is 2.02. The average Bonchev–Trinajstić information content (AvgIpc) is 1.98. The van der Waals surface area contributed by atoms with E-state index in [0.717, 1.165) is 4.88 Å². The quantitative estimate of drug-likeness (QED) is 0.580. The summed E-state index contributed by atoms with van der Waals surface area (Å²) >= 11 is 12.4. The molecule has 0 aliphatic heterocycles. The van der Waals surface area contributed by atoms with Gasteiger partial charge in [-0.25, -0.2) is 0 Å². The number of nitrogens with zero attached hydrogens (tertiary/aromatic N) is 1. The van der Waals surface area contributed by atoms with E-state index in [2.05, 4.69) is 4.37 Å². The van der Waals surface area contributed by atoms with Crippen LogP contribution in [0.15, 0.2) is 0 Å². The number of halogens is 2. The van der Waals surface area contributed by atoms with E-state index in [1.807, 2.05) is 6.92 Å². The van der Waals surface area contributed by atoms with E-state index in [0.29, 0.717) is 10.2 Å². The van der Waals surface area contributed by atoms with Crippen molar-refractivity contribution < 1.29 is 0 Å². The fourth-order valence-corrected chi connectivity index (χ4v) is 1.32. The van der Waals surface area contributed by atoms with Gasteiger partial charge in [0.2, 0.25) is 0 Å². The van der Waals surface area contributed by atoms with Crippen LogP contribution < -0.4 is 0 Å². The molecule has 0 spiro atoms. The van der Waals surface area contributed by atoms with Crippen LogP contribution in [0.2, 0.25) is 10.2 Å². The van der Waals surface area contributed by atoms with Crippen LogP contribution in [0.5, 0.6) is 0 Å². The fourth-order valence-electron chi connectivity index (χ4n) is 0.334. The summed E-state index contributed by atoms with van der Waals surface area (Å²) in [6.45, 7) is 1.88. The van der Waals surface area contributed by atoms with Gasteiger partial charge < -0.3 is 0 Å². The van der Waals surface area contributed by atoms with Crippen LogP contribution in [0.3, 0.4) is 0 Å². The molecule has 8 heavy (non-hydrogen) atoms. The molecular formula is C4H3Cl2NS. The fraction of sp³-hybridized carbons (Fsp3) is 0.250. The molecule has 0 atom stereocenters. The summed E-state index contributed by atoms with van der Waals surface area (Å²) < 4.78 is 3.79. The Morgan fingerprint density at radius 3 is 2.25 bits per heavy atom. The van der Waals surface area contributed by atoms with E-state index in [4.69, 9.17) is 23.2 Å². The van der Waals surface area contributed by atoms with Gasteiger partial charge in [0, 0.05) is 4.88 Å². The van der Waals surface area contributed by atoms with E-state index in [9.17, 15) is 0 Å². The first-order valence-electron chi connectivity index (χ1n) is 1.99. The third kappa shape index (κ3) is 0.966. The van der Waals surface area contributed by atoms with Crippen molar-refractivity contribution in [1.82, 2.24) is 4.37 Å². The van der Waals surface area contributed by atoms with Crippen LogP contribution in [0.1, 0.15) is 4.88 Å². The molecule has 0 bridgehead atoms. The summed E-state index contributed by atoms with van der Waals surface area (Å²) in [6, 6.07) is 0. The van der Waals surface area contributed by atoms with Crippen molar-refractivity contribution in [2.24, 2.45) is 0 Å². The molecule has 1 aromatic rings. The molecule has 0 amide bonds. The molecule has 0 aliphatic rings. The smallest absolute Gasteiger partial charge is 0.161 e. The molecule has 1 rings (SSSR count).